The first kappa shape index (κ1) is 21.4. The molecule has 1 aromatic carbocycles. The van der Waals surface area contributed by atoms with Gasteiger partial charge < -0.3 is 19.5 Å². The number of carbonyl (C=O) groups is 2. The smallest absolute Gasteiger partial charge is 0.272 e. The van der Waals surface area contributed by atoms with E-state index in [2.05, 4.69) is 10.3 Å². The van der Waals surface area contributed by atoms with E-state index in [1.807, 2.05) is 20.8 Å². The fourth-order valence-electron chi connectivity index (χ4n) is 3.80. The van der Waals surface area contributed by atoms with Crippen LogP contribution in [0.25, 0.3) is 11.4 Å². The number of halogens is 2. The average Bonchev–Trinajstić information content (AvgIpc) is 3.05. The number of hydrogen-bond donors (Lipinski definition) is 1. The van der Waals surface area contributed by atoms with Crippen molar-refractivity contribution in [1.82, 2.24) is 19.8 Å². The number of amides is 2. The number of rotatable bonds is 4. The summed E-state index contributed by atoms with van der Waals surface area (Å²) in [7, 11) is 0. The van der Waals surface area contributed by atoms with Gasteiger partial charge in [0, 0.05) is 25.2 Å². The Morgan fingerprint density at radius 1 is 1.16 bits per heavy atom. The molecule has 2 aliphatic rings. The number of ether oxygens (including phenoxy) is 1. The molecule has 1 fully saturated rings. The van der Waals surface area contributed by atoms with Crippen LogP contribution in [-0.2, 0) is 22.7 Å². The zero-order valence-electron chi connectivity index (χ0n) is 17.9. The molecule has 1 N–H and O–H groups in total. The Kier molecular flexibility index (Phi) is 5.55. The third-order valence-electron chi connectivity index (χ3n) is 5.72. The van der Waals surface area contributed by atoms with E-state index < -0.39 is 29.0 Å². The lowest BCUT2D eigenvalue weighted by molar-refractivity contribution is -0.139. The summed E-state index contributed by atoms with van der Waals surface area (Å²) in [5.74, 6) is -2.17. The molecule has 0 spiro atoms. The van der Waals surface area contributed by atoms with Crippen LogP contribution < -0.4 is 5.32 Å². The average molecular weight is 432 g/mol. The van der Waals surface area contributed by atoms with Crippen molar-refractivity contribution in [2.24, 2.45) is 5.41 Å². The van der Waals surface area contributed by atoms with Crippen LogP contribution in [0.5, 0.6) is 0 Å². The lowest BCUT2D eigenvalue weighted by Gasteiger charge is -2.38. The van der Waals surface area contributed by atoms with Crippen LogP contribution in [0, 0.1) is 17.0 Å². The Bertz CT molecular complexity index is 1020. The maximum atomic E-state index is 13.8. The van der Waals surface area contributed by atoms with Gasteiger partial charge in [-0.3, -0.25) is 9.59 Å². The fraction of sp³-hybridized carbons (Fsp3) is 0.500. The normalized spacial score (nSPS) is 17.0. The van der Waals surface area contributed by atoms with Crippen molar-refractivity contribution in [2.75, 3.05) is 19.7 Å². The van der Waals surface area contributed by atoms with Gasteiger partial charge in [0.25, 0.3) is 5.91 Å². The van der Waals surface area contributed by atoms with Gasteiger partial charge in [-0.15, -0.1) is 0 Å². The summed E-state index contributed by atoms with van der Waals surface area (Å²) in [6.07, 6.45) is 0.958. The number of likely N-dealkylation sites (tertiary alicyclic amines) is 1. The summed E-state index contributed by atoms with van der Waals surface area (Å²) in [6.45, 7) is 8.08. The van der Waals surface area contributed by atoms with Crippen LogP contribution in [-0.4, -0.2) is 52.0 Å². The SMILES string of the molecule is CC(C)(C)[C@H](NC(=O)c1nc(-c2ccc(F)c(F)c2)n2c1COCC2)C(=O)N1CCC1. The topological polar surface area (TPSA) is 76.5 Å². The number of benzene rings is 1. The predicted molar refractivity (Wildman–Crippen MR) is 109 cm³/mol. The highest BCUT2D eigenvalue weighted by Crippen LogP contribution is 2.28. The minimum atomic E-state index is -0.985. The van der Waals surface area contributed by atoms with Gasteiger partial charge in [0.05, 0.1) is 18.9 Å². The van der Waals surface area contributed by atoms with Gasteiger partial charge in [-0.1, -0.05) is 20.8 Å². The van der Waals surface area contributed by atoms with E-state index in [-0.39, 0.29) is 18.2 Å². The first-order chi connectivity index (χ1) is 14.7. The van der Waals surface area contributed by atoms with Crippen LogP contribution >= 0.6 is 0 Å². The fourth-order valence-corrected chi connectivity index (χ4v) is 3.80. The highest BCUT2D eigenvalue weighted by atomic mass is 19.2. The Balaban J connectivity index is 1.68. The molecule has 166 valence electrons. The summed E-state index contributed by atoms with van der Waals surface area (Å²) < 4.78 is 34.5. The Morgan fingerprint density at radius 3 is 2.52 bits per heavy atom. The van der Waals surface area contributed by atoms with Crippen molar-refractivity contribution >= 4 is 11.8 Å². The maximum absolute atomic E-state index is 13.8. The number of imidazole rings is 1. The number of fused-ring (bicyclic) bond motifs is 1. The molecule has 0 radical (unpaired) electrons. The van der Waals surface area contributed by atoms with E-state index in [0.717, 1.165) is 18.6 Å². The zero-order chi connectivity index (χ0) is 22.3. The predicted octanol–water partition coefficient (Wildman–Crippen LogP) is 2.74. The molecule has 7 nitrogen and oxygen atoms in total. The number of nitrogens with one attached hydrogen (secondary N) is 1. The number of nitrogens with zero attached hydrogens (tertiary/aromatic N) is 3. The van der Waals surface area contributed by atoms with E-state index >= 15 is 0 Å². The quantitative estimate of drug-likeness (QED) is 0.806. The van der Waals surface area contributed by atoms with Gasteiger partial charge in [0.2, 0.25) is 5.91 Å². The first-order valence-corrected chi connectivity index (χ1v) is 10.4. The second-order valence-electron chi connectivity index (χ2n) is 9.02. The molecule has 0 saturated carbocycles. The van der Waals surface area contributed by atoms with Crippen LogP contribution in [0.4, 0.5) is 8.78 Å². The van der Waals surface area contributed by atoms with Crippen LogP contribution in [0.2, 0.25) is 0 Å². The first-order valence-electron chi connectivity index (χ1n) is 10.4. The molecule has 4 rings (SSSR count). The monoisotopic (exact) mass is 432 g/mol. The molecule has 9 heteroatoms. The highest BCUT2D eigenvalue weighted by molar-refractivity contribution is 5.98. The Labute approximate surface area is 179 Å². The van der Waals surface area contributed by atoms with Gasteiger partial charge in [0.1, 0.15) is 11.9 Å². The summed E-state index contributed by atoms with van der Waals surface area (Å²) in [4.78, 5) is 32.3. The molecule has 1 saturated heterocycles. The standard InChI is InChI=1S/C22H26F2N4O3/c1-22(2,3)18(21(30)27-7-4-8-27)26-20(29)17-16-12-31-10-9-28(16)19(25-17)13-5-6-14(23)15(24)11-13/h5-6,11,18H,4,7-10,12H2,1-3H3,(H,26,29)/t18-/m1/s1. The van der Waals surface area contributed by atoms with Gasteiger partial charge >= 0.3 is 0 Å². The van der Waals surface area contributed by atoms with Crippen molar-refractivity contribution in [3.8, 4) is 11.4 Å². The molecule has 1 atom stereocenters. The van der Waals surface area contributed by atoms with Crippen molar-refractivity contribution in [3.63, 3.8) is 0 Å². The maximum Gasteiger partial charge on any atom is 0.272 e. The molecule has 2 amide bonds. The molecular weight excluding hydrogens is 406 g/mol. The number of aromatic nitrogens is 2. The Hall–Kier alpha value is -2.81. The van der Waals surface area contributed by atoms with E-state index in [1.165, 1.54) is 6.07 Å². The minimum Gasteiger partial charge on any atom is -0.373 e. The molecule has 1 aromatic heterocycles. The third kappa shape index (κ3) is 4.06. The molecule has 3 heterocycles. The van der Waals surface area contributed by atoms with E-state index in [4.69, 9.17) is 4.74 Å². The lowest BCUT2D eigenvalue weighted by atomic mass is 9.85. The molecule has 31 heavy (non-hydrogen) atoms. The van der Waals surface area contributed by atoms with Crippen molar-refractivity contribution < 1.29 is 23.1 Å². The second-order valence-corrected chi connectivity index (χ2v) is 9.02. The van der Waals surface area contributed by atoms with Crippen molar-refractivity contribution in [2.45, 2.75) is 46.4 Å². The zero-order valence-corrected chi connectivity index (χ0v) is 17.9. The van der Waals surface area contributed by atoms with Gasteiger partial charge in [-0.2, -0.15) is 0 Å². The summed E-state index contributed by atoms with van der Waals surface area (Å²) in [6, 6.07) is 2.81. The van der Waals surface area contributed by atoms with E-state index in [9.17, 15) is 18.4 Å². The van der Waals surface area contributed by atoms with Gasteiger partial charge in [-0.05, 0) is 30.0 Å². The molecule has 2 aromatic rings. The second kappa shape index (κ2) is 8.03. The molecular formula is C22H26F2N4O3. The molecule has 0 unspecified atom stereocenters. The summed E-state index contributed by atoms with van der Waals surface area (Å²) in [5, 5.41) is 2.86. The van der Waals surface area contributed by atoms with E-state index in [0.29, 0.717) is 43.3 Å². The third-order valence-corrected chi connectivity index (χ3v) is 5.72. The Morgan fingerprint density at radius 2 is 1.90 bits per heavy atom. The van der Waals surface area contributed by atoms with Crippen LogP contribution in [0.1, 0.15) is 43.4 Å². The molecule has 2 aliphatic heterocycles. The highest BCUT2D eigenvalue weighted by Gasteiger charge is 2.38. The van der Waals surface area contributed by atoms with Gasteiger partial charge in [0.15, 0.2) is 17.3 Å². The molecule has 0 aliphatic carbocycles. The van der Waals surface area contributed by atoms with Crippen LogP contribution in [0.15, 0.2) is 18.2 Å². The van der Waals surface area contributed by atoms with E-state index in [1.54, 1.807) is 9.47 Å². The number of hydrogen-bond acceptors (Lipinski definition) is 4. The largest absolute Gasteiger partial charge is 0.373 e. The molecule has 0 bridgehead atoms. The summed E-state index contributed by atoms with van der Waals surface area (Å²) >= 11 is 0. The summed E-state index contributed by atoms with van der Waals surface area (Å²) in [5.41, 5.74) is 0.546. The van der Waals surface area contributed by atoms with Gasteiger partial charge in [-0.25, -0.2) is 13.8 Å². The van der Waals surface area contributed by atoms with Crippen molar-refractivity contribution in [3.05, 3.63) is 41.2 Å². The minimum absolute atomic E-state index is 0.114. The van der Waals surface area contributed by atoms with Crippen molar-refractivity contribution in [1.29, 1.82) is 0 Å². The number of carbonyl (C=O) groups excluding carboxylic acids is 2. The lowest BCUT2D eigenvalue weighted by Crippen LogP contribution is -2.57. The van der Waals surface area contributed by atoms with Crippen LogP contribution in [0.3, 0.4) is 0 Å².